The molecule has 0 aliphatic heterocycles. The molecule has 0 saturated heterocycles. The Bertz CT molecular complexity index is 823. The molecule has 1 aromatic carbocycles. The number of benzene rings is 1. The number of amides is 1. The second kappa shape index (κ2) is 6.78. The number of aromatic nitrogens is 4. The van der Waals surface area contributed by atoms with Gasteiger partial charge in [0.05, 0.1) is 29.1 Å². The van der Waals surface area contributed by atoms with Gasteiger partial charge in [0.25, 0.3) is 0 Å². The Morgan fingerprint density at radius 3 is 2.70 bits per heavy atom. The van der Waals surface area contributed by atoms with Crippen LogP contribution in [0.15, 0.2) is 53.5 Å². The average Bonchev–Trinajstić information content (AvgIpc) is 3.11. The summed E-state index contributed by atoms with van der Waals surface area (Å²) in [5.41, 5.74) is 3.10. The van der Waals surface area contributed by atoms with E-state index in [0.717, 1.165) is 4.47 Å². The predicted octanol–water partition coefficient (Wildman–Crippen LogP) is 2.84. The summed E-state index contributed by atoms with van der Waals surface area (Å²) in [7, 11) is 0. The third-order valence-corrected chi connectivity index (χ3v) is 3.83. The van der Waals surface area contributed by atoms with Crippen LogP contribution in [0.5, 0.6) is 0 Å². The van der Waals surface area contributed by atoms with Crippen LogP contribution in [0.2, 0.25) is 0 Å². The number of carbonyl (C=O) groups excluding carboxylic acids is 1. The summed E-state index contributed by atoms with van der Waals surface area (Å²) in [6, 6.07) is 8.17. The molecule has 1 amide bonds. The van der Waals surface area contributed by atoms with Crippen molar-refractivity contribution in [2.45, 2.75) is 20.0 Å². The summed E-state index contributed by atoms with van der Waals surface area (Å²) in [5, 5.41) is 11.2. The van der Waals surface area contributed by atoms with Crippen molar-refractivity contribution in [3.63, 3.8) is 0 Å². The molecule has 7 heteroatoms. The maximum absolute atomic E-state index is 12.0. The van der Waals surface area contributed by atoms with E-state index in [4.69, 9.17) is 0 Å². The van der Waals surface area contributed by atoms with Gasteiger partial charge in [-0.1, -0.05) is 24.3 Å². The van der Waals surface area contributed by atoms with Crippen molar-refractivity contribution in [3.05, 3.63) is 64.7 Å². The van der Waals surface area contributed by atoms with Gasteiger partial charge in [-0.15, -0.1) is 0 Å². The summed E-state index contributed by atoms with van der Waals surface area (Å²) >= 11 is 3.30. The molecule has 3 rings (SSSR count). The van der Waals surface area contributed by atoms with Crippen LogP contribution in [0.25, 0.3) is 0 Å². The van der Waals surface area contributed by atoms with Crippen LogP contribution < -0.4 is 5.32 Å². The van der Waals surface area contributed by atoms with E-state index in [1.165, 1.54) is 11.1 Å². The minimum atomic E-state index is -0.143. The van der Waals surface area contributed by atoms with Crippen LogP contribution in [0.1, 0.15) is 11.1 Å². The first-order valence-electron chi connectivity index (χ1n) is 7.15. The molecule has 6 nitrogen and oxygen atoms in total. The van der Waals surface area contributed by atoms with Gasteiger partial charge >= 0.3 is 0 Å². The van der Waals surface area contributed by atoms with Crippen LogP contribution in [0, 0.1) is 6.92 Å². The van der Waals surface area contributed by atoms with Gasteiger partial charge in [-0.05, 0) is 34.0 Å². The van der Waals surface area contributed by atoms with E-state index in [2.05, 4.69) is 50.5 Å². The third kappa shape index (κ3) is 4.07. The van der Waals surface area contributed by atoms with E-state index in [1.807, 2.05) is 23.0 Å². The fraction of sp³-hybridized carbons (Fsp3) is 0.188. The monoisotopic (exact) mass is 373 g/mol. The highest BCUT2D eigenvalue weighted by Gasteiger charge is 2.07. The van der Waals surface area contributed by atoms with Crippen LogP contribution in [-0.2, 0) is 17.9 Å². The summed E-state index contributed by atoms with van der Waals surface area (Å²) in [4.78, 5) is 12.0. The van der Waals surface area contributed by atoms with Crippen molar-refractivity contribution in [1.82, 2.24) is 19.6 Å². The summed E-state index contributed by atoms with van der Waals surface area (Å²) in [6.07, 6.45) is 6.87. The highest BCUT2D eigenvalue weighted by Crippen LogP contribution is 2.12. The fourth-order valence-corrected chi connectivity index (χ4v) is 2.58. The Morgan fingerprint density at radius 2 is 1.96 bits per heavy atom. The lowest BCUT2D eigenvalue weighted by Crippen LogP contribution is -2.18. The minimum Gasteiger partial charge on any atom is -0.322 e. The SMILES string of the molecule is Cc1ccccc1Cn1cc(NC(=O)Cn2cc(Br)cn2)cn1. The molecule has 1 N–H and O–H groups in total. The van der Waals surface area contributed by atoms with E-state index >= 15 is 0 Å². The smallest absolute Gasteiger partial charge is 0.246 e. The van der Waals surface area contributed by atoms with E-state index in [-0.39, 0.29) is 12.5 Å². The van der Waals surface area contributed by atoms with Crippen LogP contribution in [0.4, 0.5) is 5.69 Å². The normalized spacial score (nSPS) is 10.7. The lowest BCUT2D eigenvalue weighted by atomic mass is 10.1. The predicted molar refractivity (Wildman–Crippen MR) is 91.1 cm³/mol. The first kappa shape index (κ1) is 15.5. The number of nitrogens with one attached hydrogen (secondary N) is 1. The van der Waals surface area contributed by atoms with E-state index in [1.54, 1.807) is 23.3 Å². The lowest BCUT2D eigenvalue weighted by molar-refractivity contribution is -0.116. The molecule has 0 fully saturated rings. The molecule has 0 aliphatic carbocycles. The molecule has 0 aliphatic rings. The molecular formula is C16H16BrN5O. The second-order valence-corrected chi connectivity index (χ2v) is 6.17. The Kier molecular flexibility index (Phi) is 4.57. The van der Waals surface area contributed by atoms with Gasteiger partial charge in [0.15, 0.2) is 0 Å². The molecule has 0 bridgehead atoms. The number of rotatable bonds is 5. The molecule has 2 heterocycles. The van der Waals surface area contributed by atoms with Gasteiger partial charge in [-0.2, -0.15) is 10.2 Å². The zero-order valence-corrected chi connectivity index (χ0v) is 14.2. The molecular weight excluding hydrogens is 358 g/mol. The molecule has 23 heavy (non-hydrogen) atoms. The maximum Gasteiger partial charge on any atom is 0.246 e. The maximum atomic E-state index is 12.0. The van der Waals surface area contributed by atoms with Crippen molar-refractivity contribution in [3.8, 4) is 0 Å². The van der Waals surface area contributed by atoms with E-state index < -0.39 is 0 Å². The van der Waals surface area contributed by atoms with Crippen molar-refractivity contribution in [1.29, 1.82) is 0 Å². The Hall–Kier alpha value is -2.41. The van der Waals surface area contributed by atoms with Crippen LogP contribution in [-0.4, -0.2) is 25.5 Å². The quantitative estimate of drug-likeness (QED) is 0.747. The van der Waals surface area contributed by atoms with Crippen LogP contribution in [0.3, 0.4) is 0 Å². The number of anilines is 1. The van der Waals surface area contributed by atoms with Gasteiger partial charge in [-0.25, -0.2) is 0 Å². The van der Waals surface area contributed by atoms with Gasteiger partial charge in [0.1, 0.15) is 6.54 Å². The fourth-order valence-electron chi connectivity index (χ4n) is 2.25. The summed E-state index contributed by atoms with van der Waals surface area (Å²) in [6.45, 7) is 2.91. The van der Waals surface area contributed by atoms with Gasteiger partial charge in [0, 0.05) is 12.4 Å². The number of hydrogen-bond acceptors (Lipinski definition) is 3. The molecule has 0 atom stereocenters. The number of aryl methyl sites for hydroxylation is 1. The van der Waals surface area contributed by atoms with Crippen molar-refractivity contribution in [2.75, 3.05) is 5.32 Å². The molecule has 118 valence electrons. The lowest BCUT2D eigenvalue weighted by Gasteiger charge is -2.05. The van der Waals surface area contributed by atoms with E-state index in [0.29, 0.717) is 12.2 Å². The Balaban J connectivity index is 1.61. The number of nitrogens with zero attached hydrogens (tertiary/aromatic N) is 4. The van der Waals surface area contributed by atoms with Crippen molar-refractivity contribution < 1.29 is 4.79 Å². The second-order valence-electron chi connectivity index (χ2n) is 5.26. The highest BCUT2D eigenvalue weighted by molar-refractivity contribution is 9.10. The topological polar surface area (TPSA) is 64.7 Å². The summed E-state index contributed by atoms with van der Waals surface area (Å²) < 4.78 is 4.22. The largest absolute Gasteiger partial charge is 0.322 e. The molecule has 0 unspecified atom stereocenters. The van der Waals surface area contributed by atoms with Crippen molar-refractivity contribution in [2.24, 2.45) is 0 Å². The molecule has 0 saturated carbocycles. The first-order chi connectivity index (χ1) is 11.1. The van der Waals surface area contributed by atoms with Crippen LogP contribution >= 0.6 is 15.9 Å². The number of hydrogen-bond donors (Lipinski definition) is 1. The van der Waals surface area contributed by atoms with E-state index in [9.17, 15) is 4.79 Å². The number of carbonyl (C=O) groups is 1. The summed E-state index contributed by atoms with van der Waals surface area (Å²) in [5.74, 6) is -0.143. The number of halogens is 1. The molecule has 0 radical (unpaired) electrons. The molecule has 2 aromatic heterocycles. The zero-order chi connectivity index (χ0) is 16.2. The molecule has 0 spiro atoms. The minimum absolute atomic E-state index is 0.143. The Labute approximate surface area is 142 Å². The third-order valence-electron chi connectivity index (χ3n) is 3.42. The van der Waals surface area contributed by atoms with Gasteiger partial charge in [-0.3, -0.25) is 14.2 Å². The first-order valence-corrected chi connectivity index (χ1v) is 7.94. The average molecular weight is 374 g/mol. The standard InChI is InChI=1S/C16H16BrN5O/c1-12-4-2-3-5-13(12)8-21-10-15(7-19-21)20-16(23)11-22-9-14(17)6-18-22/h2-7,9-10H,8,11H2,1H3,(H,20,23). The highest BCUT2D eigenvalue weighted by atomic mass is 79.9. The molecule has 3 aromatic rings. The van der Waals surface area contributed by atoms with Crippen molar-refractivity contribution >= 4 is 27.5 Å². The van der Waals surface area contributed by atoms with Gasteiger partial charge < -0.3 is 5.32 Å². The Morgan fingerprint density at radius 1 is 1.17 bits per heavy atom. The van der Waals surface area contributed by atoms with Gasteiger partial charge in [0.2, 0.25) is 5.91 Å². The zero-order valence-electron chi connectivity index (χ0n) is 12.6.